The first-order valence-corrected chi connectivity index (χ1v) is 8.59. The lowest BCUT2D eigenvalue weighted by Crippen LogP contribution is -2.49. The number of nitrogens with zero attached hydrogens (tertiary/aromatic N) is 1. The lowest BCUT2D eigenvalue weighted by molar-refractivity contribution is 0.0746. The molecule has 2 atom stereocenters. The monoisotopic (exact) mass is 324 g/mol. The van der Waals surface area contributed by atoms with Crippen LogP contribution in [0.25, 0.3) is 10.9 Å². The van der Waals surface area contributed by atoms with E-state index >= 15 is 0 Å². The van der Waals surface area contributed by atoms with Crippen molar-refractivity contribution >= 4 is 39.2 Å². The Kier molecular flexibility index (Phi) is 3.80. The summed E-state index contributed by atoms with van der Waals surface area (Å²) in [5.41, 5.74) is 1.28. The lowest BCUT2D eigenvalue weighted by atomic mass is 10.2. The summed E-state index contributed by atoms with van der Waals surface area (Å²) in [6.07, 6.45) is 0. The molecule has 0 bridgehead atoms. The van der Waals surface area contributed by atoms with Crippen molar-refractivity contribution in [1.82, 2.24) is 9.88 Å². The van der Waals surface area contributed by atoms with Crippen molar-refractivity contribution in [3.63, 3.8) is 0 Å². The van der Waals surface area contributed by atoms with Crippen molar-refractivity contribution in [2.45, 2.75) is 24.3 Å². The van der Waals surface area contributed by atoms with Crippen LogP contribution in [-0.2, 0) is 10.8 Å². The molecule has 1 amide bonds. The van der Waals surface area contributed by atoms with Gasteiger partial charge in [-0.2, -0.15) is 0 Å². The smallest absolute Gasteiger partial charge is 0.271 e. The molecule has 1 aliphatic rings. The zero-order valence-corrected chi connectivity index (χ0v) is 13.5. The molecule has 2 unspecified atom stereocenters. The van der Waals surface area contributed by atoms with E-state index in [2.05, 4.69) is 4.98 Å². The quantitative estimate of drug-likeness (QED) is 0.877. The Hall–Kier alpha value is -1.33. The third-order valence-corrected chi connectivity index (χ3v) is 6.17. The van der Waals surface area contributed by atoms with Crippen LogP contribution in [-0.4, -0.2) is 43.6 Å². The fraction of sp³-hybridized carbons (Fsp3) is 0.400. The Balaban J connectivity index is 1.94. The predicted molar refractivity (Wildman–Crippen MR) is 86.3 cm³/mol. The van der Waals surface area contributed by atoms with E-state index in [0.29, 0.717) is 23.8 Å². The number of hydrogen-bond donors (Lipinski definition) is 1. The summed E-state index contributed by atoms with van der Waals surface area (Å²) in [4.78, 5) is 17.5. The summed E-state index contributed by atoms with van der Waals surface area (Å²) >= 11 is 6.33. The maximum Gasteiger partial charge on any atom is 0.271 e. The number of hydrogen-bond acceptors (Lipinski definition) is 2. The maximum absolute atomic E-state index is 12.7. The molecule has 21 heavy (non-hydrogen) atoms. The maximum atomic E-state index is 12.7. The molecular formula is C15H17ClN2O2S. The van der Waals surface area contributed by atoms with Crippen LogP contribution in [0.15, 0.2) is 24.3 Å². The van der Waals surface area contributed by atoms with E-state index in [0.717, 1.165) is 10.9 Å². The Morgan fingerprint density at radius 1 is 1.29 bits per heavy atom. The lowest BCUT2D eigenvalue weighted by Gasteiger charge is -2.34. The zero-order chi connectivity index (χ0) is 15.1. The molecule has 0 saturated carbocycles. The first-order chi connectivity index (χ1) is 9.99. The molecule has 1 N–H and O–H groups in total. The molecule has 1 aliphatic heterocycles. The van der Waals surface area contributed by atoms with Crippen molar-refractivity contribution < 1.29 is 9.00 Å². The second kappa shape index (κ2) is 5.46. The number of fused-ring (bicyclic) bond motifs is 1. The number of halogens is 1. The van der Waals surface area contributed by atoms with Gasteiger partial charge in [0.25, 0.3) is 5.91 Å². The molecule has 0 radical (unpaired) electrons. The van der Waals surface area contributed by atoms with Gasteiger partial charge in [0.15, 0.2) is 0 Å². The van der Waals surface area contributed by atoms with Gasteiger partial charge in [-0.05, 0) is 19.9 Å². The van der Waals surface area contributed by atoms with Gasteiger partial charge >= 0.3 is 0 Å². The molecule has 6 heteroatoms. The van der Waals surface area contributed by atoms with Gasteiger partial charge in [-0.25, -0.2) is 0 Å². The van der Waals surface area contributed by atoms with Crippen LogP contribution in [0.4, 0.5) is 0 Å². The third-order valence-electron chi connectivity index (χ3n) is 3.89. The number of nitrogens with one attached hydrogen (secondary N) is 1. The van der Waals surface area contributed by atoms with E-state index in [4.69, 9.17) is 11.6 Å². The van der Waals surface area contributed by atoms with Gasteiger partial charge in [0.05, 0.1) is 5.02 Å². The SMILES string of the molecule is CC1CN(C(=O)c2[nH]c3ccccc3c2Cl)CC(C)S1=O. The van der Waals surface area contributed by atoms with Gasteiger partial charge in [0.2, 0.25) is 0 Å². The molecule has 1 saturated heterocycles. The van der Waals surface area contributed by atoms with Gasteiger partial charge in [-0.15, -0.1) is 0 Å². The molecule has 2 heterocycles. The summed E-state index contributed by atoms with van der Waals surface area (Å²) in [6, 6.07) is 7.58. The second-order valence-corrected chi connectivity index (χ2v) is 8.16. The van der Waals surface area contributed by atoms with E-state index in [1.54, 1.807) is 4.90 Å². The summed E-state index contributed by atoms with van der Waals surface area (Å²) in [6.45, 7) is 4.83. The van der Waals surface area contributed by atoms with Crippen LogP contribution in [0.3, 0.4) is 0 Å². The molecule has 1 aromatic carbocycles. The summed E-state index contributed by atoms with van der Waals surface area (Å²) in [5.74, 6) is -0.119. The average molecular weight is 325 g/mol. The minimum absolute atomic E-state index is 0.0131. The third kappa shape index (κ3) is 2.49. The normalized spacial score (nSPS) is 26.2. The van der Waals surface area contributed by atoms with Gasteiger partial charge in [-0.1, -0.05) is 29.8 Å². The first kappa shape index (κ1) is 14.6. The summed E-state index contributed by atoms with van der Waals surface area (Å²) in [5, 5.41) is 1.29. The number of benzene rings is 1. The highest BCUT2D eigenvalue weighted by atomic mass is 35.5. The molecule has 112 valence electrons. The number of H-pyrrole nitrogens is 1. The molecule has 0 aliphatic carbocycles. The zero-order valence-electron chi connectivity index (χ0n) is 11.9. The Morgan fingerprint density at radius 3 is 2.52 bits per heavy atom. The van der Waals surface area contributed by atoms with E-state index in [-0.39, 0.29) is 16.4 Å². The molecular weight excluding hydrogens is 308 g/mol. The summed E-state index contributed by atoms with van der Waals surface area (Å²) in [7, 11) is -0.881. The highest BCUT2D eigenvalue weighted by molar-refractivity contribution is 7.86. The highest BCUT2D eigenvalue weighted by Crippen LogP contribution is 2.29. The van der Waals surface area contributed by atoms with E-state index < -0.39 is 10.8 Å². The van der Waals surface area contributed by atoms with Gasteiger partial charge in [-0.3, -0.25) is 9.00 Å². The predicted octanol–water partition coefficient (Wildman–Crippen LogP) is 2.80. The van der Waals surface area contributed by atoms with Crippen molar-refractivity contribution in [3.8, 4) is 0 Å². The second-order valence-electron chi connectivity index (χ2n) is 5.52. The van der Waals surface area contributed by atoms with Crippen LogP contribution < -0.4 is 0 Å². The largest absolute Gasteiger partial charge is 0.349 e. The average Bonchev–Trinajstić information content (AvgIpc) is 2.81. The van der Waals surface area contributed by atoms with Gasteiger partial charge in [0, 0.05) is 45.3 Å². The highest BCUT2D eigenvalue weighted by Gasteiger charge is 2.33. The number of aromatic amines is 1. The van der Waals surface area contributed by atoms with Crippen LogP contribution >= 0.6 is 11.6 Å². The number of para-hydroxylation sites is 1. The number of amides is 1. The molecule has 4 nitrogen and oxygen atoms in total. The topological polar surface area (TPSA) is 53.2 Å². The molecule has 1 aromatic heterocycles. The number of carbonyl (C=O) groups is 1. The molecule has 1 fully saturated rings. The molecule has 2 aromatic rings. The Morgan fingerprint density at radius 2 is 1.90 bits per heavy atom. The minimum atomic E-state index is -0.881. The van der Waals surface area contributed by atoms with Crippen LogP contribution in [0, 0.1) is 0 Å². The van der Waals surface area contributed by atoms with Crippen LogP contribution in [0.1, 0.15) is 24.3 Å². The van der Waals surface area contributed by atoms with Gasteiger partial charge < -0.3 is 9.88 Å². The van der Waals surface area contributed by atoms with Crippen LogP contribution in [0.2, 0.25) is 5.02 Å². The fourth-order valence-electron chi connectivity index (χ4n) is 2.82. The van der Waals surface area contributed by atoms with Crippen molar-refractivity contribution in [2.75, 3.05) is 13.1 Å². The number of rotatable bonds is 1. The van der Waals surface area contributed by atoms with Crippen LogP contribution in [0.5, 0.6) is 0 Å². The Bertz CT molecular complexity index is 714. The van der Waals surface area contributed by atoms with Crippen molar-refractivity contribution in [1.29, 1.82) is 0 Å². The minimum Gasteiger partial charge on any atom is -0.349 e. The first-order valence-electron chi connectivity index (χ1n) is 6.94. The number of carbonyl (C=O) groups excluding carboxylic acids is 1. The van der Waals surface area contributed by atoms with E-state index in [1.165, 1.54) is 0 Å². The van der Waals surface area contributed by atoms with Gasteiger partial charge in [0.1, 0.15) is 5.69 Å². The van der Waals surface area contributed by atoms with Crippen molar-refractivity contribution in [2.24, 2.45) is 0 Å². The van der Waals surface area contributed by atoms with Crippen molar-refractivity contribution in [3.05, 3.63) is 35.0 Å². The molecule has 3 rings (SSSR count). The standard InChI is InChI=1S/C15H17ClN2O2S/c1-9-7-18(8-10(2)21(9)20)15(19)14-13(16)11-5-3-4-6-12(11)17-14/h3-6,9-10,17H,7-8H2,1-2H3. The molecule has 0 spiro atoms. The van der Waals surface area contributed by atoms with E-state index in [1.807, 2.05) is 38.1 Å². The van der Waals surface area contributed by atoms with E-state index in [9.17, 15) is 9.00 Å². The number of aromatic nitrogens is 1. The summed E-state index contributed by atoms with van der Waals surface area (Å²) < 4.78 is 12.0. The fourth-order valence-corrected chi connectivity index (χ4v) is 4.56. The Labute approximate surface area is 130 Å².